The number of unbranched alkanes of at least 4 members (excludes halogenated alkanes) is 1. The van der Waals surface area contributed by atoms with Crippen LogP contribution in [0.15, 0.2) is 30.3 Å². The molecule has 3 aliphatic heterocycles. The normalized spacial score (nSPS) is 24.7. The summed E-state index contributed by atoms with van der Waals surface area (Å²) in [5.41, 5.74) is 4.10. The molecule has 0 radical (unpaired) electrons. The fourth-order valence-corrected chi connectivity index (χ4v) is 6.54. The number of hydrogen-bond acceptors (Lipinski definition) is 6. The number of carboxylic acid groups (broad SMARTS) is 1. The average molecular weight is 538 g/mol. The quantitative estimate of drug-likeness (QED) is 0.390. The minimum absolute atomic E-state index is 0.0180. The van der Waals surface area contributed by atoms with Crippen LogP contribution in [0.2, 0.25) is 0 Å². The Morgan fingerprint density at radius 2 is 2.13 bits per heavy atom. The van der Waals surface area contributed by atoms with Crippen molar-refractivity contribution < 1.29 is 23.8 Å². The fraction of sp³-hybridized carbons (Fsp3) is 0.613. The van der Waals surface area contributed by atoms with Gasteiger partial charge in [-0.3, -0.25) is 9.69 Å². The van der Waals surface area contributed by atoms with E-state index in [-0.39, 0.29) is 12.2 Å². The molecule has 1 aromatic heterocycles. The zero-order valence-electron chi connectivity index (χ0n) is 22.7. The molecule has 0 unspecified atom stereocenters. The van der Waals surface area contributed by atoms with Crippen LogP contribution < -0.4 is 5.32 Å². The maximum absolute atomic E-state index is 14.4. The van der Waals surface area contributed by atoms with Gasteiger partial charge in [0.2, 0.25) is 0 Å². The molecular weight excluding hydrogens is 497 g/mol. The van der Waals surface area contributed by atoms with E-state index in [0.29, 0.717) is 37.3 Å². The van der Waals surface area contributed by atoms with Crippen molar-refractivity contribution in [3.8, 4) is 0 Å². The molecule has 0 bridgehead atoms. The lowest BCUT2D eigenvalue weighted by Gasteiger charge is -2.33. The number of nitrogens with zero attached hydrogens (tertiary/aromatic N) is 2. The van der Waals surface area contributed by atoms with Gasteiger partial charge in [-0.05, 0) is 105 Å². The predicted octanol–water partition coefficient (Wildman–Crippen LogP) is 5.45. The van der Waals surface area contributed by atoms with E-state index in [9.17, 15) is 14.3 Å². The molecule has 1 aromatic carbocycles. The van der Waals surface area contributed by atoms with Crippen molar-refractivity contribution in [3.63, 3.8) is 0 Å². The molecule has 4 heterocycles. The highest BCUT2D eigenvalue weighted by molar-refractivity contribution is 5.76. The molecule has 3 atom stereocenters. The van der Waals surface area contributed by atoms with Gasteiger partial charge in [-0.2, -0.15) is 0 Å². The standard InChI is InChI=1S/C31H40FN3O4/c32-22-7-9-25(27-10-12-31(13-14-31)20-39-27)26(18-22)28(30(36)37)35-16-11-24(19-35)38-17-2-1-5-23-8-6-21-4-3-15-33-29(21)34-23/h6-9,18,24,27-28H,1-5,10-17,19-20H2,(H,33,34)(H,36,37)/t24-,27-,28-/m1/s1. The second-order valence-electron chi connectivity index (χ2n) is 11.9. The summed E-state index contributed by atoms with van der Waals surface area (Å²) in [4.78, 5) is 19.2. The van der Waals surface area contributed by atoms with Gasteiger partial charge in [0, 0.05) is 31.9 Å². The van der Waals surface area contributed by atoms with Gasteiger partial charge < -0.3 is 19.9 Å². The Labute approximate surface area is 230 Å². The van der Waals surface area contributed by atoms with Gasteiger partial charge in [0.05, 0.1) is 18.8 Å². The van der Waals surface area contributed by atoms with Crippen LogP contribution in [0.3, 0.4) is 0 Å². The second kappa shape index (κ2) is 11.5. The highest BCUT2D eigenvalue weighted by Crippen LogP contribution is 2.55. The van der Waals surface area contributed by atoms with E-state index >= 15 is 0 Å². The largest absolute Gasteiger partial charge is 0.480 e. The van der Waals surface area contributed by atoms with Crippen LogP contribution in [0.5, 0.6) is 0 Å². The molecule has 6 rings (SSSR count). The number of hydrogen-bond donors (Lipinski definition) is 2. The SMILES string of the molecule is O=C(O)[C@@H](c1cc(F)ccc1[C@H]1CCC2(CC2)CO1)N1CC[C@@H](OCCCCc2ccc3c(n2)NCCC3)C1. The Hall–Kier alpha value is -2.55. The Kier molecular flexibility index (Phi) is 7.87. The number of ether oxygens (including phenoxy) is 2. The Morgan fingerprint density at radius 3 is 2.92 bits per heavy atom. The van der Waals surface area contributed by atoms with Crippen molar-refractivity contribution in [2.75, 3.05) is 38.2 Å². The predicted molar refractivity (Wildman–Crippen MR) is 146 cm³/mol. The summed E-state index contributed by atoms with van der Waals surface area (Å²) in [7, 11) is 0. The minimum Gasteiger partial charge on any atom is -0.480 e. The number of aliphatic carboxylic acids is 1. The third kappa shape index (κ3) is 6.13. The van der Waals surface area contributed by atoms with Crippen LogP contribution in [0.1, 0.15) is 85.9 Å². The van der Waals surface area contributed by atoms with Gasteiger partial charge in [0.1, 0.15) is 17.7 Å². The van der Waals surface area contributed by atoms with Crippen LogP contribution >= 0.6 is 0 Å². The number of anilines is 1. The number of rotatable bonds is 10. The number of fused-ring (bicyclic) bond motifs is 1. The summed E-state index contributed by atoms with van der Waals surface area (Å²) >= 11 is 0. The van der Waals surface area contributed by atoms with E-state index < -0.39 is 17.8 Å². The molecule has 210 valence electrons. The highest BCUT2D eigenvalue weighted by Gasteiger charge is 2.46. The summed E-state index contributed by atoms with van der Waals surface area (Å²) in [5.74, 6) is -0.327. The monoisotopic (exact) mass is 537 g/mol. The molecule has 2 saturated heterocycles. The van der Waals surface area contributed by atoms with E-state index in [1.807, 2.05) is 4.90 Å². The fourth-order valence-electron chi connectivity index (χ4n) is 6.54. The number of halogens is 1. The van der Waals surface area contributed by atoms with E-state index in [0.717, 1.165) is 75.0 Å². The molecule has 4 aliphatic rings. The first-order chi connectivity index (χ1) is 19.0. The average Bonchev–Trinajstić information content (AvgIpc) is 3.53. The van der Waals surface area contributed by atoms with Crippen LogP contribution in [0.4, 0.5) is 10.2 Å². The second-order valence-corrected chi connectivity index (χ2v) is 11.9. The summed E-state index contributed by atoms with van der Waals surface area (Å²) < 4.78 is 26.8. The van der Waals surface area contributed by atoms with Crippen molar-refractivity contribution in [1.82, 2.24) is 9.88 Å². The number of aromatic nitrogens is 1. The van der Waals surface area contributed by atoms with E-state index in [1.54, 1.807) is 6.07 Å². The zero-order valence-corrected chi connectivity index (χ0v) is 22.7. The topological polar surface area (TPSA) is 83.9 Å². The van der Waals surface area contributed by atoms with Crippen molar-refractivity contribution in [2.45, 2.75) is 82.5 Å². The smallest absolute Gasteiger partial charge is 0.325 e. The van der Waals surface area contributed by atoms with Gasteiger partial charge in [-0.1, -0.05) is 12.1 Å². The zero-order chi connectivity index (χ0) is 26.8. The molecule has 2 aromatic rings. The van der Waals surface area contributed by atoms with E-state index in [1.165, 1.54) is 30.5 Å². The summed E-state index contributed by atoms with van der Waals surface area (Å²) in [6, 6.07) is 7.98. The number of pyridine rings is 1. The number of likely N-dealkylation sites (tertiary alicyclic amines) is 1. The first-order valence-corrected chi connectivity index (χ1v) is 14.7. The Morgan fingerprint density at radius 1 is 1.23 bits per heavy atom. The molecule has 39 heavy (non-hydrogen) atoms. The van der Waals surface area contributed by atoms with Crippen LogP contribution in [0, 0.1) is 11.2 Å². The molecule has 1 saturated carbocycles. The number of benzene rings is 1. The van der Waals surface area contributed by atoms with Gasteiger partial charge in [0.15, 0.2) is 0 Å². The summed E-state index contributed by atoms with van der Waals surface area (Å²) in [6.45, 7) is 3.49. The third-order valence-corrected chi connectivity index (χ3v) is 9.08. The lowest BCUT2D eigenvalue weighted by atomic mass is 9.88. The van der Waals surface area contributed by atoms with Crippen LogP contribution in [0.25, 0.3) is 0 Å². The molecule has 7 nitrogen and oxygen atoms in total. The lowest BCUT2D eigenvalue weighted by Crippen LogP contribution is -2.35. The van der Waals surface area contributed by atoms with E-state index in [2.05, 4.69) is 17.4 Å². The summed E-state index contributed by atoms with van der Waals surface area (Å²) in [6.07, 6.45) is 10.1. The number of aryl methyl sites for hydroxylation is 2. The molecular formula is C31H40FN3O4. The maximum atomic E-state index is 14.4. The molecule has 0 amide bonds. The Bertz CT molecular complexity index is 1180. The molecule has 1 aliphatic carbocycles. The maximum Gasteiger partial charge on any atom is 0.325 e. The van der Waals surface area contributed by atoms with Crippen LogP contribution in [-0.2, 0) is 27.1 Å². The van der Waals surface area contributed by atoms with Crippen molar-refractivity contribution in [1.29, 1.82) is 0 Å². The third-order valence-electron chi connectivity index (χ3n) is 9.08. The minimum atomic E-state index is -0.955. The first kappa shape index (κ1) is 26.7. The number of carbonyl (C=O) groups is 1. The highest BCUT2D eigenvalue weighted by atomic mass is 19.1. The lowest BCUT2D eigenvalue weighted by molar-refractivity contribution is -0.143. The van der Waals surface area contributed by atoms with Crippen LogP contribution in [-0.4, -0.2) is 59.9 Å². The van der Waals surface area contributed by atoms with Gasteiger partial charge in [-0.15, -0.1) is 0 Å². The molecule has 3 fully saturated rings. The van der Waals surface area contributed by atoms with Crippen molar-refractivity contribution in [2.24, 2.45) is 5.41 Å². The van der Waals surface area contributed by atoms with Crippen molar-refractivity contribution >= 4 is 11.8 Å². The molecule has 1 spiro atoms. The molecule has 2 N–H and O–H groups in total. The molecule has 8 heteroatoms. The van der Waals surface area contributed by atoms with Gasteiger partial charge in [0.25, 0.3) is 0 Å². The first-order valence-electron chi connectivity index (χ1n) is 14.7. The number of carboxylic acids is 1. The van der Waals surface area contributed by atoms with Gasteiger partial charge >= 0.3 is 5.97 Å². The number of nitrogens with one attached hydrogen (secondary N) is 1. The summed E-state index contributed by atoms with van der Waals surface area (Å²) in [5, 5.41) is 13.6. The van der Waals surface area contributed by atoms with Gasteiger partial charge in [-0.25, -0.2) is 9.37 Å². The Balaban J connectivity index is 1.02. The van der Waals surface area contributed by atoms with E-state index in [4.69, 9.17) is 14.5 Å². The van der Waals surface area contributed by atoms with Crippen molar-refractivity contribution in [3.05, 3.63) is 58.5 Å².